The standard InChI is InChI=1S/C14H29N3O/c1-4-9-16-14(18)12(2)15-10-11-17(3)13-7-5-6-8-13/h12-13,15H,4-11H2,1-3H3,(H,16,18). The lowest BCUT2D eigenvalue weighted by atomic mass is 10.2. The molecule has 106 valence electrons. The molecule has 1 atom stereocenters. The van der Waals surface area contributed by atoms with E-state index in [1.165, 1.54) is 25.7 Å². The topological polar surface area (TPSA) is 44.4 Å². The van der Waals surface area contributed by atoms with Crippen LogP contribution in [0, 0.1) is 0 Å². The zero-order chi connectivity index (χ0) is 13.4. The molecule has 1 aliphatic rings. The Morgan fingerprint density at radius 3 is 2.61 bits per heavy atom. The third kappa shape index (κ3) is 5.36. The largest absolute Gasteiger partial charge is 0.355 e. The smallest absolute Gasteiger partial charge is 0.236 e. The van der Waals surface area contributed by atoms with Crippen LogP contribution in [0.4, 0.5) is 0 Å². The first-order chi connectivity index (χ1) is 8.65. The lowest BCUT2D eigenvalue weighted by molar-refractivity contribution is -0.122. The van der Waals surface area contributed by atoms with Crippen LogP contribution in [-0.2, 0) is 4.79 Å². The Bertz CT molecular complexity index is 239. The van der Waals surface area contributed by atoms with Crippen molar-refractivity contribution >= 4 is 5.91 Å². The summed E-state index contributed by atoms with van der Waals surface area (Å²) in [5.74, 6) is 0.111. The third-order valence-electron chi connectivity index (χ3n) is 3.81. The molecule has 0 aromatic carbocycles. The van der Waals surface area contributed by atoms with E-state index < -0.39 is 0 Å². The van der Waals surface area contributed by atoms with E-state index in [2.05, 4.69) is 29.5 Å². The van der Waals surface area contributed by atoms with Gasteiger partial charge in [0.1, 0.15) is 0 Å². The number of likely N-dealkylation sites (N-methyl/N-ethyl adjacent to an activating group) is 1. The molecule has 0 aromatic heterocycles. The van der Waals surface area contributed by atoms with E-state index in [4.69, 9.17) is 0 Å². The van der Waals surface area contributed by atoms with Crippen molar-refractivity contribution in [1.29, 1.82) is 0 Å². The summed E-state index contributed by atoms with van der Waals surface area (Å²) in [5.41, 5.74) is 0. The number of hydrogen-bond donors (Lipinski definition) is 2. The normalized spacial score (nSPS) is 18.2. The Balaban J connectivity index is 2.10. The molecule has 0 spiro atoms. The van der Waals surface area contributed by atoms with Crippen molar-refractivity contribution in [2.45, 2.75) is 58.0 Å². The molecule has 1 unspecified atom stereocenters. The maximum absolute atomic E-state index is 11.6. The van der Waals surface area contributed by atoms with Gasteiger partial charge in [0.15, 0.2) is 0 Å². The second-order valence-electron chi connectivity index (χ2n) is 5.39. The Morgan fingerprint density at radius 2 is 2.00 bits per heavy atom. The van der Waals surface area contributed by atoms with E-state index in [-0.39, 0.29) is 11.9 Å². The highest BCUT2D eigenvalue weighted by atomic mass is 16.2. The number of carbonyl (C=O) groups excluding carboxylic acids is 1. The molecular formula is C14H29N3O. The van der Waals surface area contributed by atoms with Crippen molar-refractivity contribution in [3.8, 4) is 0 Å². The number of nitrogens with one attached hydrogen (secondary N) is 2. The van der Waals surface area contributed by atoms with Gasteiger partial charge in [-0.15, -0.1) is 0 Å². The lowest BCUT2D eigenvalue weighted by Gasteiger charge is -2.24. The minimum absolute atomic E-state index is 0.0893. The van der Waals surface area contributed by atoms with Gasteiger partial charge in [-0.3, -0.25) is 4.79 Å². The van der Waals surface area contributed by atoms with Gasteiger partial charge in [-0.2, -0.15) is 0 Å². The van der Waals surface area contributed by atoms with E-state index in [0.717, 1.165) is 32.1 Å². The maximum Gasteiger partial charge on any atom is 0.236 e. The molecule has 0 saturated heterocycles. The summed E-state index contributed by atoms with van der Waals surface area (Å²) in [6.45, 7) is 6.67. The number of amides is 1. The molecule has 4 nitrogen and oxygen atoms in total. The molecule has 1 rings (SSSR count). The maximum atomic E-state index is 11.6. The predicted molar refractivity (Wildman–Crippen MR) is 75.7 cm³/mol. The van der Waals surface area contributed by atoms with Gasteiger partial charge < -0.3 is 15.5 Å². The highest BCUT2D eigenvalue weighted by Crippen LogP contribution is 2.21. The van der Waals surface area contributed by atoms with E-state index in [1.54, 1.807) is 0 Å². The minimum Gasteiger partial charge on any atom is -0.355 e. The van der Waals surface area contributed by atoms with E-state index in [1.807, 2.05) is 6.92 Å². The summed E-state index contributed by atoms with van der Waals surface area (Å²) in [6.07, 6.45) is 6.41. The van der Waals surface area contributed by atoms with Crippen LogP contribution in [0.1, 0.15) is 46.0 Å². The van der Waals surface area contributed by atoms with Crippen molar-refractivity contribution in [1.82, 2.24) is 15.5 Å². The summed E-state index contributed by atoms with van der Waals surface area (Å²) < 4.78 is 0. The molecule has 1 aliphatic carbocycles. The molecule has 0 bridgehead atoms. The quantitative estimate of drug-likeness (QED) is 0.688. The van der Waals surface area contributed by atoms with Crippen LogP contribution in [0.15, 0.2) is 0 Å². The van der Waals surface area contributed by atoms with Gasteiger partial charge in [-0.1, -0.05) is 19.8 Å². The molecule has 1 amide bonds. The minimum atomic E-state index is -0.0893. The Hall–Kier alpha value is -0.610. The second-order valence-corrected chi connectivity index (χ2v) is 5.39. The Kier molecular flexibility index (Phi) is 7.28. The van der Waals surface area contributed by atoms with Crippen molar-refractivity contribution in [3.05, 3.63) is 0 Å². The fourth-order valence-corrected chi connectivity index (χ4v) is 2.48. The van der Waals surface area contributed by atoms with Crippen LogP contribution in [0.5, 0.6) is 0 Å². The van der Waals surface area contributed by atoms with Gasteiger partial charge in [-0.25, -0.2) is 0 Å². The van der Waals surface area contributed by atoms with Crippen LogP contribution < -0.4 is 10.6 Å². The van der Waals surface area contributed by atoms with Gasteiger partial charge in [0.2, 0.25) is 5.91 Å². The summed E-state index contributed by atoms with van der Waals surface area (Å²) in [7, 11) is 2.19. The lowest BCUT2D eigenvalue weighted by Crippen LogP contribution is -2.45. The first kappa shape index (κ1) is 15.4. The number of hydrogen-bond acceptors (Lipinski definition) is 3. The highest BCUT2D eigenvalue weighted by Gasteiger charge is 2.19. The Morgan fingerprint density at radius 1 is 1.33 bits per heavy atom. The van der Waals surface area contributed by atoms with E-state index >= 15 is 0 Å². The zero-order valence-electron chi connectivity index (χ0n) is 12.2. The third-order valence-corrected chi connectivity index (χ3v) is 3.81. The summed E-state index contributed by atoms with van der Waals surface area (Å²) in [5, 5.41) is 6.20. The van der Waals surface area contributed by atoms with Gasteiger partial charge in [0.25, 0.3) is 0 Å². The number of nitrogens with zero attached hydrogens (tertiary/aromatic N) is 1. The van der Waals surface area contributed by atoms with E-state index in [9.17, 15) is 4.79 Å². The monoisotopic (exact) mass is 255 g/mol. The van der Waals surface area contributed by atoms with Crippen molar-refractivity contribution in [3.63, 3.8) is 0 Å². The van der Waals surface area contributed by atoms with Crippen LogP contribution in [0.2, 0.25) is 0 Å². The molecule has 0 heterocycles. The molecule has 0 aliphatic heterocycles. The van der Waals surface area contributed by atoms with Gasteiger partial charge >= 0.3 is 0 Å². The number of carbonyl (C=O) groups is 1. The first-order valence-corrected chi connectivity index (χ1v) is 7.36. The fraction of sp³-hybridized carbons (Fsp3) is 0.929. The molecule has 0 aromatic rings. The van der Waals surface area contributed by atoms with Crippen molar-refractivity contribution < 1.29 is 4.79 Å². The summed E-state index contributed by atoms with van der Waals surface area (Å²) >= 11 is 0. The van der Waals surface area contributed by atoms with Crippen LogP contribution in [0.25, 0.3) is 0 Å². The summed E-state index contributed by atoms with van der Waals surface area (Å²) in [6, 6.07) is 0.671. The zero-order valence-corrected chi connectivity index (χ0v) is 12.2. The molecule has 2 N–H and O–H groups in total. The first-order valence-electron chi connectivity index (χ1n) is 7.36. The molecule has 4 heteroatoms. The van der Waals surface area contributed by atoms with Crippen molar-refractivity contribution in [2.24, 2.45) is 0 Å². The second kappa shape index (κ2) is 8.48. The molecule has 18 heavy (non-hydrogen) atoms. The SMILES string of the molecule is CCCNC(=O)C(C)NCCN(C)C1CCCC1. The fourth-order valence-electron chi connectivity index (χ4n) is 2.48. The molecular weight excluding hydrogens is 226 g/mol. The highest BCUT2D eigenvalue weighted by molar-refractivity contribution is 5.81. The molecule has 0 radical (unpaired) electrons. The Labute approximate surface area is 111 Å². The van der Waals surface area contributed by atoms with Gasteiger partial charge in [0.05, 0.1) is 6.04 Å². The van der Waals surface area contributed by atoms with Gasteiger partial charge in [-0.05, 0) is 33.2 Å². The molecule has 1 fully saturated rings. The molecule has 1 saturated carbocycles. The predicted octanol–water partition coefficient (Wildman–Crippen LogP) is 1.37. The van der Waals surface area contributed by atoms with Gasteiger partial charge in [0, 0.05) is 25.7 Å². The average Bonchev–Trinajstić information content (AvgIpc) is 2.89. The van der Waals surface area contributed by atoms with Crippen LogP contribution in [0.3, 0.4) is 0 Å². The van der Waals surface area contributed by atoms with Crippen LogP contribution >= 0.6 is 0 Å². The van der Waals surface area contributed by atoms with Crippen molar-refractivity contribution in [2.75, 3.05) is 26.7 Å². The van der Waals surface area contributed by atoms with Crippen LogP contribution in [-0.4, -0.2) is 49.6 Å². The van der Waals surface area contributed by atoms with E-state index in [0.29, 0.717) is 0 Å². The summed E-state index contributed by atoms with van der Waals surface area (Å²) in [4.78, 5) is 14.1. The number of rotatable bonds is 8. The average molecular weight is 255 g/mol.